The Morgan fingerprint density at radius 3 is 2.49 bits per heavy atom. The van der Waals surface area contributed by atoms with Gasteiger partial charge in [-0.25, -0.2) is 31.7 Å². The van der Waals surface area contributed by atoms with Gasteiger partial charge in [0.1, 0.15) is 23.8 Å². The molecule has 6 rings (SSSR count). The van der Waals surface area contributed by atoms with Gasteiger partial charge in [0, 0.05) is 46.5 Å². The Kier molecular flexibility index (Phi) is 7.09. The second-order valence-corrected chi connectivity index (χ2v) is 14.4. The number of benzene rings is 1. The van der Waals surface area contributed by atoms with E-state index in [1.807, 2.05) is 6.08 Å². The maximum absolute atomic E-state index is 14.9. The molecule has 3 heterocycles. The van der Waals surface area contributed by atoms with Gasteiger partial charge < -0.3 is 20.1 Å². The van der Waals surface area contributed by atoms with E-state index in [2.05, 4.69) is 19.6 Å². The summed E-state index contributed by atoms with van der Waals surface area (Å²) in [6.07, 6.45) is 4.34. The minimum absolute atomic E-state index is 0.00356. The van der Waals surface area contributed by atoms with Gasteiger partial charge in [0.15, 0.2) is 6.23 Å². The molecule has 2 saturated carbocycles. The number of aliphatic hydroxyl groups excluding tert-OH is 1. The van der Waals surface area contributed by atoms with E-state index in [1.165, 1.54) is 18.5 Å². The molecule has 0 amide bonds. The number of fused-ring (bicyclic) bond motifs is 1. The molecule has 0 radical (unpaired) electrons. The van der Waals surface area contributed by atoms with Crippen LogP contribution in [0.15, 0.2) is 34.5 Å². The van der Waals surface area contributed by atoms with E-state index in [1.54, 1.807) is 26.0 Å². The lowest BCUT2D eigenvalue weighted by Crippen LogP contribution is -2.56. The summed E-state index contributed by atoms with van der Waals surface area (Å²) in [6, 6.07) is 3.57. The SMILES string of the molecule is COC1(C2=Cc3c(N[C@H](C)c4cccc(C(F)F)c4F)ncnc3N(C)C2O)CCC2(CC1)CS(=O)(=NC1CC1)C2. The van der Waals surface area contributed by atoms with Crippen LogP contribution in [0, 0.1) is 11.2 Å². The van der Waals surface area contributed by atoms with Gasteiger partial charge >= 0.3 is 0 Å². The molecule has 1 spiro atoms. The molecule has 0 bridgehead atoms. The van der Waals surface area contributed by atoms with Crippen molar-refractivity contribution in [3.63, 3.8) is 0 Å². The Morgan fingerprint density at radius 2 is 1.85 bits per heavy atom. The first-order valence-corrected chi connectivity index (χ1v) is 15.9. The standard InChI is InChI=1S/C29H36F3N5O3S/c1-17(19-5-4-6-20(23(19)30)24(31)32)35-25-21-13-22(27(38)37(2)26(21)34-16-33-25)29(40-3)11-9-28(10-12-29)14-41(39,15-28)36-18-7-8-18/h4-6,13,16-18,24,27,38H,7-12,14-15H2,1-3H3,(H,33,34,35)/t17-,27?,28?,29?,41?/m1/s1. The van der Waals surface area contributed by atoms with E-state index in [0.717, 1.165) is 31.7 Å². The number of anilines is 2. The molecule has 2 aliphatic carbocycles. The average molecular weight is 592 g/mol. The van der Waals surface area contributed by atoms with E-state index in [4.69, 9.17) is 4.74 Å². The van der Waals surface area contributed by atoms with Crippen molar-refractivity contribution in [1.82, 2.24) is 9.97 Å². The van der Waals surface area contributed by atoms with Crippen molar-refractivity contribution in [3.8, 4) is 0 Å². The number of hydrogen-bond acceptors (Lipinski definition) is 8. The number of hydrogen-bond donors (Lipinski definition) is 2. The molecule has 12 heteroatoms. The number of aliphatic hydroxyl groups is 1. The smallest absolute Gasteiger partial charge is 0.266 e. The minimum Gasteiger partial charge on any atom is -0.374 e. The third-order valence-electron chi connectivity index (χ3n) is 9.24. The van der Waals surface area contributed by atoms with Crippen molar-refractivity contribution < 1.29 is 27.2 Å². The normalized spacial score (nSPS) is 31.9. The summed E-state index contributed by atoms with van der Waals surface area (Å²) in [6.45, 7) is 1.68. The van der Waals surface area contributed by atoms with Gasteiger partial charge in [0.2, 0.25) is 0 Å². The zero-order valence-corrected chi connectivity index (χ0v) is 24.3. The number of halogens is 3. The van der Waals surface area contributed by atoms with Crippen molar-refractivity contribution in [3.05, 3.63) is 52.6 Å². The fourth-order valence-corrected chi connectivity index (χ4v) is 10.0. The summed E-state index contributed by atoms with van der Waals surface area (Å²) < 4.78 is 65.4. The monoisotopic (exact) mass is 591 g/mol. The number of alkyl halides is 2. The third kappa shape index (κ3) is 5.01. The number of rotatable bonds is 7. The van der Waals surface area contributed by atoms with Gasteiger partial charge in [-0.3, -0.25) is 0 Å². The summed E-state index contributed by atoms with van der Waals surface area (Å²) in [5.74, 6) is 1.20. The molecule has 1 saturated heterocycles. The molecule has 2 N–H and O–H groups in total. The van der Waals surface area contributed by atoms with Crippen molar-refractivity contribution >= 4 is 27.4 Å². The first-order chi connectivity index (χ1) is 19.5. The van der Waals surface area contributed by atoms with Crippen LogP contribution in [0.5, 0.6) is 0 Å². The van der Waals surface area contributed by atoms with Crippen LogP contribution in [0.3, 0.4) is 0 Å². The van der Waals surface area contributed by atoms with Crippen LogP contribution in [0.2, 0.25) is 0 Å². The number of aromatic nitrogens is 2. The van der Waals surface area contributed by atoms with Crippen LogP contribution >= 0.6 is 0 Å². The molecule has 8 nitrogen and oxygen atoms in total. The molecule has 1 aromatic heterocycles. The summed E-state index contributed by atoms with van der Waals surface area (Å²) in [7, 11) is 1.29. The highest BCUT2D eigenvalue weighted by atomic mass is 32.2. The molecule has 4 aliphatic rings. The fourth-order valence-electron chi connectivity index (χ4n) is 6.72. The molecule has 2 atom stereocenters. The molecule has 3 fully saturated rings. The zero-order chi connectivity index (χ0) is 29.2. The molecule has 2 aromatic rings. The number of methoxy groups -OCH3 is 1. The largest absolute Gasteiger partial charge is 0.374 e. The highest BCUT2D eigenvalue weighted by Gasteiger charge is 2.54. The predicted molar refractivity (Wildman–Crippen MR) is 152 cm³/mol. The fraction of sp³-hybridized carbons (Fsp3) is 0.586. The van der Waals surface area contributed by atoms with Crippen molar-refractivity contribution in [1.29, 1.82) is 0 Å². The maximum Gasteiger partial charge on any atom is 0.266 e. The summed E-state index contributed by atoms with van der Waals surface area (Å²) in [5.41, 5.74) is -0.0181. The summed E-state index contributed by atoms with van der Waals surface area (Å²) >= 11 is 0. The van der Waals surface area contributed by atoms with Crippen molar-refractivity contribution in [2.24, 2.45) is 9.78 Å². The molecule has 222 valence electrons. The van der Waals surface area contributed by atoms with Crippen LogP contribution in [-0.2, 0) is 14.5 Å². The van der Waals surface area contributed by atoms with Crippen LogP contribution in [0.4, 0.5) is 24.8 Å². The lowest BCUT2D eigenvalue weighted by atomic mass is 9.67. The van der Waals surface area contributed by atoms with Crippen LogP contribution < -0.4 is 10.2 Å². The zero-order valence-electron chi connectivity index (χ0n) is 23.4. The summed E-state index contributed by atoms with van der Waals surface area (Å²) in [5, 5.41) is 14.6. The first kappa shape index (κ1) is 28.4. The molecule has 1 aromatic carbocycles. The lowest BCUT2D eigenvalue weighted by molar-refractivity contribution is -0.0464. The van der Waals surface area contributed by atoms with Crippen LogP contribution in [0.25, 0.3) is 6.08 Å². The second-order valence-electron chi connectivity index (χ2n) is 12.1. The van der Waals surface area contributed by atoms with Gasteiger partial charge in [-0.15, -0.1) is 0 Å². The number of nitrogens with one attached hydrogen (secondary N) is 1. The number of nitrogens with zero attached hydrogens (tertiary/aromatic N) is 4. The van der Waals surface area contributed by atoms with E-state index in [0.29, 0.717) is 47.1 Å². The number of likely N-dealkylation sites (N-methyl/N-ethyl adjacent to an activating group) is 1. The topological polar surface area (TPSA) is 99.9 Å². The van der Waals surface area contributed by atoms with Gasteiger partial charge in [-0.1, -0.05) is 18.2 Å². The first-order valence-electron chi connectivity index (χ1n) is 14.1. The average Bonchev–Trinajstić information content (AvgIpc) is 3.74. The van der Waals surface area contributed by atoms with Crippen LogP contribution in [0.1, 0.15) is 74.6 Å². The molecule has 2 aliphatic heterocycles. The lowest BCUT2D eigenvalue weighted by Gasteiger charge is -2.53. The van der Waals surface area contributed by atoms with Crippen molar-refractivity contribution in [2.45, 2.75) is 75.8 Å². The molecule has 1 unspecified atom stereocenters. The van der Waals surface area contributed by atoms with Gasteiger partial charge in [0.25, 0.3) is 6.43 Å². The van der Waals surface area contributed by atoms with E-state index < -0.39 is 45.4 Å². The van der Waals surface area contributed by atoms with Gasteiger partial charge in [-0.2, -0.15) is 0 Å². The van der Waals surface area contributed by atoms with Crippen molar-refractivity contribution in [2.75, 3.05) is 35.9 Å². The highest BCUT2D eigenvalue weighted by Crippen LogP contribution is 2.54. The van der Waals surface area contributed by atoms with Crippen LogP contribution in [-0.4, -0.2) is 62.8 Å². The number of ether oxygens (including phenoxy) is 1. The Labute approximate surface area is 238 Å². The Bertz CT molecular complexity index is 1480. The Morgan fingerprint density at radius 1 is 1.17 bits per heavy atom. The Balaban J connectivity index is 1.28. The van der Waals surface area contributed by atoms with E-state index in [9.17, 15) is 22.5 Å². The Hall–Kier alpha value is -2.70. The van der Waals surface area contributed by atoms with E-state index in [-0.39, 0.29) is 17.0 Å². The van der Waals surface area contributed by atoms with Gasteiger partial charge in [-0.05, 0) is 56.9 Å². The van der Waals surface area contributed by atoms with Gasteiger partial charge in [0.05, 0.1) is 28.8 Å². The second kappa shape index (κ2) is 10.2. The molecular formula is C29H36F3N5O3S. The summed E-state index contributed by atoms with van der Waals surface area (Å²) in [4.78, 5) is 10.4. The quantitative estimate of drug-likeness (QED) is 0.441. The minimum atomic E-state index is -2.92. The molecule has 41 heavy (non-hydrogen) atoms. The third-order valence-corrected chi connectivity index (χ3v) is 12.1. The van der Waals surface area contributed by atoms with E-state index >= 15 is 0 Å². The predicted octanol–water partition coefficient (Wildman–Crippen LogP) is 5.47. The highest BCUT2D eigenvalue weighted by molar-refractivity contribution is 7.95. The molecular weight excluding hydrogens is 555 g/mol. The maximum atomic E-state index is 14.9.